The monoisotopic (exact) mass is 387 g/mol. The predicted molar refractivity (Wildman–Crippen MR) is 96.5 cm³/mol. The number of benzene rings is 1. The summed E-state index contributed by atoms with van der Waals surface area (Å²) in [6.07, 6.45) is 10.1. The van der Waals surface area contributed by atoms with Gasteiger partial charge in [-0.15, -0.1) is 0 Å². The zero-order valence-corrected chi connectivity index (χ0v) is 15.3. The van der Waals surface area contributed by atoms with Crippen LogP contribution in [0.3, 0.4) is 0 Å². The van der Waals surface area contributed by atoms with Crippen molar-refractivity contribution in [3.05, 3.63) is 52.5 Å². The van der Waals surface area contributed by atoms with Crippen molar-refractivity contribution in [3.8, 4) is 0 Å². The maximum absolute atomic E-state index is 13.2. The molecule has 1 saturated carbocycles. The molecule has 2 aromatic rings. The lowest BCUT2D eigenvalue weighted by molar-refractivity contribution is -0.136. The number of imidazole rings is 1. The van der Waals surface area contributed by atoms with E-state index in [0.29, 0.717) is 12.5 Å². The van der Waals surface area contributed by atoms with Gasteiger partial charge in [0.2, 0.25) is 0 Å². The fourth-order valence-corrected chi connectivity index (χ4v) is 4.49. The summed E-state index contributed by atoms with van der Waals surface area (Å²) in [7, 11) is 0. The van der Waals surface area contributed by atoms with E-state index in [-0.39, 0.29) is 11.9 Å². The van der Waals surface area contributed by atoms with Crippen molar-refractivity contribution in [2.45, 2.75) is 44.7 Å². The molecule has 0 saturated heterocycles. The van der Waals surface area contributed by atoms with Crippen LogP contribution in [0.4, 0.5) is 0 Å². The molecule has 0 radical (unpaired) electrons. The highest BCUT2D eigenvalue weighted by Crippen LogP contribution is 2.32. The van der Waals surface area contributed by atoms with Gasteiger partial charge < -0.3 is 9.47 Å². The summed E-state index contributed by atoms with van der Waals surface area (Å²) in [5.74, 6) is 0.851. The molecule has 1 atom stereocenters. The van der Waals surface area contributed by atoms with Gasteiger partial charge in [0.05, 0.1) is 18.6 Å². The van der Waals surface area contributed by atoms with Crippen molar-refractivity contribution in [2.75, 3.05) is 6.54 Å². The van der Waals surface area contributed by atoms with Crippen LogP contribution in [0.5, 0.6) is 0 Å². The second-order valence-corrected chi connectivity index (χ2v) is 7.89. The first-order chi connectivity index (χ1) is 11.7. The molecule has 126 valence electrons. The van der Waals surface area contributed by atoms with Gasteiger partial charge in [-0.2, -0.15) is 0 Å². The van der Waals surface area contributed by atoms with E-state index < -0.39 is 0 Å². The summed E-state index contributed by atoms with van der Waals surface area (Å²) >= 11 is 3.52. The third kappa shape index (κ3) is 3.02. The molecule has 4 nitrogen and oxygen atoms in total. The fourth-order valence-electron chi connectivity index (χ4n) is 4.07. The van der Waals surface area contributed by atoms with E-state index in [2.05, 4.69) is 25.8 Å². The molecule has 1 aromatic carbocycles. The number of rotatable bonds is 3. The van der Waals surface area contributed by atoms with E-state index in [1.807, 2.05) is 35.0 Å². The Hall–Kier alpha value is -1.62. The molecule has 1 aliphatic heterocycles. The molecular weight excluding hydrogens is 366 g/mol. The van der Waals surface area contributed by atoms with Crippen LogP contribution in [0.25, 0.3) is 0 Å². The lowest BCUT2D eigenvalue weighted by atomic mass is 9.88. The highest BCUT2D eigenvalue weighted by atomic mass is 79.9. The van der Waals surface area contributed by atoms with Gasteiger partial charge in [0.1, 0.15) is 6.04 Å². The van der Waals surface area contributed by atoms with E-state index in [1.165, 1.54) is 32.1 Å². The number of aromatic nitrogens is 2. The molecule has 4 rings (SSSR count). The van der Waals surface area contributed by atoms with Gasteiger partial charge in [-0.3, -0.25) is 4.79 Å². The Morgan fingerprint density at radius 3 is 2.83 bits per heavy atom. The van der Waals surface area contributed by atoms with Crippen molar-refractivity contribution in [2.24, 2.45) is 5.92 Å². The smallest absolute Gasteiger partial charge is 0.250 e. The summed E-state index contributed by atoms with van der Waals surface area (Å²) < 4.78 is 3.03. The molecule has 0 spiro atoms. The fraction of sp³-hybridized carbons (Fsp3) is 0.474. The van der Waals surface area contributed by atoms with Gasteiger partial charge in [-0.25, -0.2) is 4.98 Å². The minimum absolute atomic E-state index is 0.198. The summed E-state index contributed by atoms with van der Waals surface area (Å²) in [6, 6.07) is 7.75. The number of hydrogen-bond acceptors (Lipinski definition) is 2. The number of halogens is 1. The predicted octanol–water partition coefficient (Wildman–Crippen LogP) is 4.16. The van der Waals surface area contributed by atoms with Gasteiger partial charge in [-0.1, -0.05) is 47.3 Å². The standard InChI is InChI=1S/C19H22BrN3O/c20-16-8-4-7-15(9-16)18-19(24)22(11-14-5-2-1-3-6-14)12-17-10-21-13-23(17)18/h4,7-10,13-14,18H,1-3,5-6,11-12H2. The zero-order chi connectivity index (χ0) is 16.5. The number of carbonyl (C=O) groups is 1. The number of nitrogens with zero attached hydrogens (tertiary/aromatic N) is 3. The Bertz CT molecular complexity index is 736. The quantitative estimate of drug-likeness (QED) is 0.792. The Labute approximate surface area is 151 Å². The summed E-state index contributed by atoms with van der Waals surface area (Å²) in [4.78, 5) is 19.6. The molecule has 5 heteroatoms. The summed E-state index contributed by atoms with van der Waals surface area (Å²) in [5.41, 5.74) is 2.14. The van der Waals surface area contributed by atoms with E-state index in [4.69, 9.17) is 0 Å². The Morgan fingerprint density at radius 1 is 1.21 bits per heavy atom. The van der Waals surface area contributed by atoms with Crippen LogP contribution in [0, 0.1) is 5.92 Å². The molecule has 1 unspecified atom stereocenters. The van der Waals surface area contributed by atoms with E-state index >= 15 is 0 Å². The highest BCUT2D eigenvalue weighted by Gasteiger charge is 2.35. The topological polar surface area (TPSA) is 38.1 Å². The molecule has 2 aliphatic rings. The number of carbonyl (C=O) groups excluding carboxylic acids is 1. The van der Waals surface area contributed by atoms with Crippen molar-refractivity contribution in [1.29, 1.82) is 0 Å². The summed E-state index contributed by atoms with van der Waals surface area (Å²) in [6.45, 7) is 1.56. The third-order valence-electron chi connectivity index (χ3n) is 5.29. The summed E-state index contributed by atoms with van der Waals surface area (Å²) in [5, 5.41) is 0. The van der Waals surface area contributed by atoms with Gasteiger partial charge in [0.25, 0.3) is 5.91 Å². The van der Waals surface area contributed by atoms with Gasteiger partial charge in [0.15, 0.2) is 0 Å². The van der Waals surface area contributed by atoms with Crippen molar-refractivity contribution >= 4 is 21.8 Å². The van der Waals surface area contributed by atoms with Crippen LogP contribution < -0.4 is 0 Å². The minimum Gasteiger partial charge on any atom is -0.334 e. The average Bonchev–Trinajstić information content (AvgIpc) is 3.04. The van der Waals surface area contributed by atoms with Crippen LogP contribution in [-0.4, -0.2) is 26.9 Å². The van der Waals surface area contributed by atoms with Crippen molar-refractivity contribution < 1.29 is 4.79 Å². The van der Waals surface area contributed by atoms with Crippen LogP contribution in [0.2, 0.25) is 0 Å². The molecule has 0 N–H and O–H groups in total. The molecule has 0 bridgehead atoms. The van der Waals surface area contributed by atoms with Crippen LogP contribution >= 0.6 is 15.9 Å². The van der Waals surface area contributed by atoms with Gasteiger partial charge in [0, 0.05) is 17.2 Å². The minimum atomic E-state index is -0.294. The first-order valence-corrected chi connectivity index (χ1v) is 9.56. The van der Waals surface area contributed by atoms with Gasteiger partial charge >= 0.3 is 0 Å². The number of fused-ring (bicyclic) bond motifs is 1. The SMILES string of the molecule is O=C1C(c2cccc(Br)c2)n2cncc2CN1CC1CCCCC1. The van der Waals surface area contributed by atoms with E-state index in [0.717, 1.165) is 22.3 Å². The van der Waals surface area contributed by atoms with Gasteiger partial charge in [-0.05, 0) is 36.5 Å². The molecule has 24 heavy (non-hydrogen) atoms. The highest BCUT2D eigenvalue weighted by molar-refractivity contribution is 9.10. The maximum Gasteiger partial charge on any atom is 0.250 e. The second-order valence-electron chi connectivity index (χ2n) is 6.97. The van der Waals surface area contributed by atoms with Crippen LogP contribution in [-0.2, 0) is 11.3 Å². The third-order valence-corrected chi connectivity index (χ3v) is 5.78. The Kier molecular flexibility index (Phi) is 4.44. The first-order valence-electron chi connectivity index (χ1n) is 8.77. The number of amides is 1. The first kappa shape index (κ1) is 15.9. The molecule has 1 amide bonds. The maximum atomic E-state index is 13.2. The molecule has 1 fully saturated rings. The normalized spacial score (nSPS) is 21.8. The average molecular weight is 388 g/mol. The van der Waals surface area contributed by atoms with E-state index in [9.17, 15) is 4.79 Å². The molecule has 2 heterocycles. The van der Waals surface area contributed by atoms with E-state index in [1.54, 1.807) is 6.33 Å². The van der Waals surface area contributed by atoms with Crippen LogP contribution in [0.15, 0.2) is 41.3 Å². The lowest BCUT2D eigenvalue weighted by Gasteiger charge is -2.37. The van der Waals surface area contributed by atoms with Crippen LogP contribution in [0.1, 0.15) is 49.4 Å². The number of hydrogen-bond donors (Lipinski definition) is 0. The molecular formula is C19H22BrN3O. The second kappa shape index (κ2) is 6.71. The molecule has 1 aliphatic carbocycles. The Balaban J connectivity index is 1.64. The van der Waals surface area contributed by atoms with Crippen molar-refractivity contribution in [1.82, 2.24) is 14.5 Å². The molecule has 1 aromatic heterocycles. The van der Waals surface area contributed by atoms with Crippen molar-refractivity contribution in [3.63, 3.8) is 0 Å². The lowest BCUT2D eigenvalue weighted by Crippen LogP contribution is -2.45. The largest absolute Gasteiger partial charge is 0.334 e. The zero-order valence-electron chi connectivity index (χ0n) is 13.7. The Morgan fingerprint density at radius 2 is 2.04 bits per heavy atom.